The number of fused-ring (bicyclic) bond motifs is 1. The van der Waals surface area contributed by atoms with Crippen molar-refractivity contribution in [2.24, 2.45) is 0 Å². The molecule has 0 unspecified atom stereocenters. The van der Waals surface area contributed by atoms with Crippen molar-refractivity contribution in [3.8, 4) is 5.75 Å². The van der Waals surface area contributed by atoms with Crippen LogP contribution in [0.5, 0.6) is 5.75 Å². The average Bonchev–Trinajstić information content (AvgIpc) is 3.29. The summed E-state index contributed by atoms with van der Waals surface area (Å²) >= 11 is 6.08. The Hall–Kier alpha value is -3.79. The van der Waals surface area contributed by atoms with E-state index in [0.29, 0.717) is 35.2 Å². The first-order valence-electron chi connectivity index (χ1n) is 12.7. The molecule has 4 aromatic rings. The monoisotopic (exact) mass is 557 g/mol. The highest BCUT2D eigenvalue weighted by Crippen LogP contribution is 2.32. The topological polar surface area (TPSA) is 71.8 Å². The second-order valence-electron chi connectivity index (χ2n) is 9.43. The molecule has 1 aliphatic rings. The molecule has 0 spiro atoms. The van der Waals surface area contributed by atoms with Gasteiger partial charge in [-0.05, 0) is 60.6 Å². The molecule has 11 heteroatoms. The highest BCUT2D eigenvalue weighted by atomic mass is 35.5. The first kappa shape index (κ1) is 26.8. The zero-order valence-electron chi connectivity index (χ0n) is 21.2. The van der Waals surface area contributed by atoms with Gasteiger partial charge in [-0.15, -0.1) is 13.2 Å². The van der Waals surface area contributed by atoms with E-state index in [1.54, 1.807) is 22.7 Å². The van der Waals surface area contributed by atoms with Crippen LogP contribution in [0.25, 0.3) is 5.78 Å². The van der Waals surface area contributed by atoms with E-state index in [0.717, 1.165) is 42.7 Å². The van der Waals surface area contributed by atoms with Crippen LogP contribution in [0.2, 0.25) is 5.02 Å². The predicted molar refractivity (Wildman–Crippen MR) is 142 cm³/mol. The predicted octanol–water partition coefficient (Wildman–Crippen LogP) is 6.16. The van der Waals surface area contributed by atoms with Gasteiger partial charge in [0.1, 0.15) is 11.4 Å². The second-order valence-corrected chi connectivity index (χ2v) is 9.87. The molecule has 0 bridgehead atoms. The van der Waals surface area contributed by atoms with Gasteiger partial charge in [0.15, 0.2) is 0 Å². The van der Waals surface area contributed by atoms with E-state index >= 15 is 0 Å². The lowest BCUT2D eigenvalue weighted by Crippen LogP contribution is -2.32. The molecule has 0 radical (unpaired) electrons. The molecule has 3 heterocycles. The van der Waals surface area contributed by atoms with Crippen molar-refractivity contribution in [3.05, 3.63) is 88.5 Å². The first-order chi connectivity index (χ1) is 18.7. The lowest BCUT2D eigenvalue weighted by molar-refractivity contribution is -0.274. The molecule has 5 rings (SSSR count). The number of aryl methyl sites for hydroxylation is 1. The van der Waals surface area contributed by atoms with Crippen molar-refractivity contribution in [3.63, 3.8) is 0 Å². The number of amides is 1. The van der Waals surface area contributed by atoms with Crippen molar-refractivity contribution in [1.82, 2.24) is 19.7 Å². The summed E-state index contributed by atoms with van der Waals surface area (Å²) in [5.41, 5.74) is 4.17. The molecular formula is C28H27ClF3N5O2. The zero-order chi connectivity index (χ0) is 27.6. The molecule has 1 aliphatic heterocycles. The summed E-state index contributed by atoms with van der Waals surface area (Å²) in [5, 5.41) is 3.39. The molecule has 39 heavy (non-hydrogen) atoms. The molecule has 1 fully saturated rings. The third kappa shape index (κ3) is 6.27. The summed E-state index contributed by atoms with van der Waals surface area (Å²) in [5.74, 6) is 0.272. The highest BCUT2D eigenvalue weighted by molar-refractivity contribution is 6.30. The van der Waals surface area contributed by atoms with E-state index < -0.39 is 6.36 Å². The Labute approximate surface area is 228 Å². The Kier molecular flexibility index (Phi) is 7.65. The van der Waals surface area contributed by atoms with E-state index in [4.69, 9.17) is 11.6 Å². The van der Waals surface area contributed by atoms with Crippen molar-refractivity contribution in [2.75, 3.05) is 18.0 Å². The van der Waals surface area contributed by atoms with Gasteiger partial charge in [0, 0.05) is 31.5 Å². The number of alkyl halides is 3. The van der Waals surface area contributed by atoms with E-state index in [9.17, 15) is 18.0 Å². The van der Waals surface area contributed by atoms with E-state index in [2.05, 4.69) is 24.9 Å². The van der Waals surface area contributed by atoms with Gasteiger partial charge in [0.2, 0.25) is 5.78 Å². The first-order valence-corrected chi connectivity index (χ1v) is 13.1. The largest absolute Gasteiger partial charge is 0.573 e. The maximum atomic E-state index is 13.0. The number of ether oxygens (including phenoxy) is 1. The minimum atomic E-state index is -4.69. The lowest BCUT2D eigenvalue weighted by Gasteiger charge is -2.34. The molecule has 1 N–H and O–H groups in total. The Morgan fingerprint density at radius 3 is 2.44 bits per heavy atom. The smallest absolute Gasteiger partial charge is 0.406 e. The SMILES string of the molecule is CCc1nc2ncc(Cl)cn2c1C(=O)NCc1ccc(N2CCC(c3ccc(OC(F)(F)F)cc3)CC2)cc1. The van der Waals surface area contributed by atoms with Gasteiger partial charge in [-0.1, -0.05) is 42.8 Å². The average molecular weight is 558 g/mol. The second kappa shape index (κ2) is 11.1. The van der Waals surface area contributed by atoms with Crippen LogP contribution in [0.3, 0.4) is 0 Å². The third-order valence-corrected chi connectivity index (χ3v) is 7.10. The molecule has 2 aromatic carbocycles. The fourth-order valence-corrected chi connectivity index (χ4v) is 5.09. The minimum absolute atomic E-state index is 0.203. The zero-order valence-corrected chi connectivity index (χ0v) is 22.0. The van der Waals surface area contributed by atoms with E-state index in [-0.39, 0.29) is 17.6 Å². The molecule has 1 saturated heterocycles. The van der Waals surface area contributed by atoms with Crippen molar-refractivity contribution in [2.45, 2.75) is 45.0 Å². The maximum Gasteiger partial charge on any atom is 0.573 e. The number of anilines is 1. The quantitative estimate of drug-likeness (QED) is 0.295. The Bertz CT molecular complexity index is 1450. The van der Waals surface area contributed by atoms with Gasteiger partial charge in [-0.2, -0.15) is 0 Å². The number of nitrogens with zero attached hydrogens (tertiary/aromatic N) is 4. The van der Waals surface area contributed by atoms with Crippen LogP contribution in [0, 0.1) is 0 Å². The van der Waals surface area contributed by atoms with Crippen LogP contribution >= 0.6 is 11.6 Å². The summed E-state index contributed by atoms with van der Waals surface area (Å²) in [6.07, 6.45) is 0.842. The number of hydrogen-bond acceptors (Lipinski definition) is 5. The number of carbonyl (C=O) groups is 1. The highest BCUT2D eigenvalue weighted by Gasteiger charge is 2.31. The van der Waals surface area contributed by atoms with Crippen LogP contribution in [0.4, 0.5) is 18.9 Å². The molecule has 204 valence electrons. The standard InChI is InChI=1S/C28H27ClF3N5O2/c1-2-24-25(37-17-21(29)16-34-27(37)35-24)26(38)33-15-18-3-7-22(8-4-18)36-13-11-20(12-14-36)19-5-9-23(10-6-19)39-28(30,31)32/h3-10,16-17,20H,2,11-15H2,1H3,(H,33,38). The van der Waals surface area contributed by atoms with Crippen LogP contribution in [0.1, 0.15) is 53.0 Å². The van der Waals surface area contributed by atoms with Gasteiger partial charge in [-0.25, -0.2) is 9.97 Å². The van der Waals surface area contributed by atoms with Gasteiger partial charge in [0.25, 0.3) is 5.91 Å². The molecule has 7 nitrogen and oxygen atoms in total. The number of imidazole rings is 1. The molecule has 0 saturated carbocycles. The molecular weight excluding hydrogens is 531 g/mol. The minimum Gasteiger partial charge on any atom is -0.406 e. The van der Waals surface area contributed by atoms with Crippen molar-refractivity contribution < 1.29 is 22.7 Å². The lowest BCUT2D eigenvalue weighted by atomic mass is 9.89. The fourth-order valence-electron chi connectivity index (χ4n) is 4.95. The molecule has 0 aliphatic carbocycles. The Morgan fingerprint density at radius 2 is 1.79 bits per heavy atom. The number of hydrogen-bond donors (Lipinski definition) is 1. The summed E-state index contributed by atoms with van der Waals surface area (Å²) in [4.78, 5) is 23.9. The normalized spacial score (nSPS) is 14.5. The van der Waals surface area contributed by atoms with Gasteiger partial charge < -0.3 is 15.0 Å². The van der Waals surface area contributed by atoms with Crippen LogP contribution in [-0.2, 0) is 13.0 Å². The van der Waals surface area contributed by atoms with Gasteiger partial charge >= 0.3 is 6.36 Å². The van der Waals surface area contributed by atoms with Gasteiger partial charge in [0.05, 0.1) is 16.9 Å². The number of rotatable bonds is 7. The summed E-state index contributed by atoms with van der Waals surface area (Å²) in [7, 11) is 0. The van der Waals surface area contributed by atoms with E-state index in [1.165, 1.54) is 18.3 Å². The number of nitrogens with one attached hydrogen (secondary N) is 1. The fraction of sp³-hybridized carbons (Fsp3) is 0.321. The molecule has 2 aromatic heterocycles. The number of halogens is 4. The summed E-state index contributed by atoms with van der Waals surface area (Å²) in [6.45, 7) is 3.98. The maximum absolute atomic E-state index is 13.0. The van der Waals surface area contributed by atoms with Crippen LogP contribution in [-0.4, -0.2) is 39.7 Å². The number of benzene rings is 2. The van der Waals surface area contributed by atoms with Crippen molar-refractivity contribution in [1.29, 1.82) is 0 Å². The Balaban J connectivity index is 1.16. The van der Waals surface area contributed by atoms with Gasteiger partial charge in [-0.3, -0.25) is 9.20 Å². The third-order valence-electron chi connectivity index (χ3n) is 6.91. The van der Waals surface area contributed by atoms with E-state index in [1.807, 2.05) is 31.2 Å². The Morgan fingerprint density at radius 1 is 1.10 bits per heavy atom. The number of piperidine rings is 1. The summed E-state index contributed by atoms with van der Waals surface area (Å²) in [6, 6.07) is 14.2. The molecule has 1 amide bonds. The number of carbonyl (C=O) groups excluding carboxylic acids is 1. The van der Waals surface area contributed by atoms with Crippen molar-refractivity contribution >= 4 is 29.0 Å². The van der Waals surface area contributed by atoms with Crippen LogP contribution in [0.15, 0.2) is 60.9 Å². The number of aromatic nitrogens is 3. The molecule has 0 atom stereocenters. The summed E-state index contributed by atoms with van der Waals surface area (Å²) < 4.78 is 42.8. The van der Waals surface area contributed by atoms with Crippen LogP contribution < -0.4 is 15.0 Å².